The number of amides is 1. The molecule has 114 valence electrons. The largest absolute Gasteiger partial charge is 0.494 e. The Morgan fingerprint density at radius 3 is 3.00 bits per heavy atom. The van der Waals surface area contributed by atoms with Crippen LogP contribution in [0.3, 0.4) is 0 Å². The number of nitrogens with zero attached hydrogens (tertiary/aromatic N) is 1. The molecule has 21 heavy (non-hydrogen) atoms. The lowest BCUT2D eigenvalue weighted by Crippen LogP contribution is -2.44. The van der Waals surface area contributed by atoms with Gasteiger partial charge in [-0.25, -0.2) is 4.39 Å². The average molecular weight is 293 g/mol. The number of hydrogen-bond donors (Lipinski definition) is 0. The Balaban J connectivity index is 1.72. The van der Waals surface area contributed by atoms with Gasteiger partial charge in [0, 0.05) is 24.6 Å². The highest BCUT2D eigenvalue weighted by Crippen LogP contribution is 2.33. The average Bonchev–Trinajstić information content (AvgIpc) is 2.85. The number of carbonyl (C=O) groups is 1. The molecule has 2 aliphatic heterocycles. The molecule has 0 N–H and O–H groups in total. The van der Waals surface area contributed by atoms with Crippen molar-refractivity contribution in [3.05, 3.63) is 29.6 Å². The number of hydrogen-bond acceptors (Lipinski definition) is 3. The normalized spacial score (nSPS) is 28.3. The van der Waals surface area contributed by atoms with Gasteiger partial charge in [0.1, 0.15) is 0 Å². The number of halogens is 1. The standard InChI is InChI=1S/C16H20FNO3/c1-10-7-12-9-18(6-5-14(12)21-10)16(19)11-3-4-15(20-2)13(17)8-11/h3-4,8,10,12,14H,5-7,9H2,1-2H3/t10-,12-,14+/m1/s1. The summed E-state index contributed by atoms with van der Waals surface area (Å²) in [5.41, 5.74) is 0.374. The number of benzene rings is 1. The van der Waals surface area contributed by atoms with Gasteiger partial charge >= 0.3 is 0 Å². The fourth-order valence-corrected chi connectivity index (χ4v) is 3.36. The molecule has 5 heteroatoms. The van der Waals surface area contributed by atoms with E-state index in [9.17, 15) is 9.18 Å². The summed E-state index contributed by atoms with van der Waals surface area (Å²) in [6, 6.07) is 4.36. The zero-order valence-electron chi connectivity index (χ0n) is 12.3. The van der Waals surface area contributed by atoms with E-state index in [0.717, 1.165) is 12.8 Å². The first-order chi connectivity index (χ1) is 10.1. The van der Waals surface area contributed by atoms with Crippen LogP contribution in [0.5, 0.6) is 5.75 Å². The van der Waals surface area contributed by atoms with Crippen molar-refractivity contribution in [2.45, 2.75) is 32.0 Å². The number of rotatable bonds is 2. The molecule has 0 radical (unpaired) electrons. The van der Waals surface area contributed by atoms with E-state index in [0.29, 0.717) is 24.6 Å². The van der Waals surface area contributed by atoms with Crippen LogP contribution in [0.2, 0.25) is 0 Å². The first-order valence-corrected chi connectivity index (χ1v) is 7.36. The van der Waals surface area contributed by atoms with Crippen molar-refractivity contribution in [1.82, 2.24) is 4.90 Å². The zero-order valence-corrected chi connectivity index (χ0v) is 12.3. The second-order valence-corrected chi connectivity index (χ2v) is 5.87. The van der Waals surface area contributed by atoms with Gasteiger partial charge < -0.3 is 14.4 Å². The second kappa shape index (κ2) is 5.64. The third-order valence-electron chi connectivity index (χ3n) is 4.39. The third kappa shape index (κ3) is 2.75. The minimum Gasteiger partial charge on any atom is -0.494 e. The van der Waals surface area contributed by atoms with Gasteiger partial charge in [-0.3, -0.25) is 4.79 Å². The maximum absolute atomic E-state index is 13.7. The first kappa shape index (κ1) is 14.3. The number of ether oxygens (including phenoxy) is 2. The van der Waals surface area contributed by atoms with Crippen molar-refractivity contribution >= 4 is 5.91 Å². The van der Waals surface area contributed by atoms with Crippen LogP contribution in [0.1, 0.15) is 30.1 Å². The molecular formula is C16H20FNO3. The van der Waals surface area contributed by atoms with E-state index in [1.807, 2.05) is 4.90 Å². The van der Waals surface area contributed by atoms with Gasteiger partial charge in [0.05, 0.1) is 19.3 Å². The van der Waals surface area contributed by atoms with Crippen molar-refractivity contribution in [3.63, 3.8) is 0 Å². The topological polar surface area (TPSA) is 38.8 Å². The van der Waals surface area contributed by atoms with Crippen LogP contribution >= 0.6 is 0 Å². The van der Waals surface area contributed by atoms with E-state index in [2.05, 4.69) is 6.92 Å². The van der Waals surface area contributed by atoms with E-state index >= 15 is 0 Å². The van der Waals surface area contributed by atoms with E-state index < -0.39 is 5.82 Å². The molecule has 2 heterocycles. The fourth-order valence-electron chi connectivity index (χ4n) is 3.36. The summed E-state index contributed by atoms with van der Waals surface area (Å²) in [4.78, 5) is 14.3. The molecule has 1 amide bonds. The number of likely N-dealkylation sites (tertiary alicyclic amines) is 1. The highest BCUT2D eigenvalue weighted by molar-refractivity contribution is 5.94. The fraction of sp³-hybridized carbons (Fsp3) is 0.562. The van der Waals surface area contributed by atoms with Gasteiger partial charge in [-0.2, -0.15) is 0 Å². The quantitative estimate of drug-likeness (QED) is 0.841. The second-order valence-electron chi connectivity index (χ2n) is 5.87. The minimum atomic E-state index is -0.504. The van der Waals surface area contributed by atoms with Gasteiger partial charge in [0.2, 0.25) is 0 Å². The summed E-state index contributed by atoms with van der Waals surface area (Å²) in [6.45, 7) is 3.44. The zero-order chi connectivity index (χ0) is 15.0. The predicted octanol–water partition coefficient (Wildman–Crippen LogP) is 2.47. The third-order valence-corrected chi connectivity index (χ3v) is 4.39. The Labute approximate surface area is 123 Å². The molecule has 3 rings (SSSR count). The van der Waals surface area contributed by atoms with E-state index in [1.165, 1.54) is 19.2 Å². The first-order valence-electron chi connectivity index (χ1n) is 7.36. The van der Waals surface area contributed by atoms with Crippen LogP contribution in [0.15, 0.2) is 18.2 Å². The van der Waals surface area contributed by atoms with Crippen LogP contribution < -0.4 is 4.74 Å². The van der Waals surface area contributed by atoms with E-state index in [1.54, 1.807) is 6.07 Å². The predicted molar refractivity (Wildman–Crippen MR) is 75.9 cm³/mol. The molecule has 0 saturated carbocycles. The molecule has 0 unspecified atom stereocenters. The summed E-state index contributed by atoms with van der Waals surface area (Å²) < 4.78 is 24.4. The van der Waals surface area contributed by atoms with Gasteiger partial charge in [-0.1, -0.05) is 0 Å². The molecule has 2 saturated heterocycles. The van der Waals surface area contributed by atoms with Crippen LogP contribution in [0, 0.1) is 11.7 Å². The molecule has 0 spiro atoms. The number of piperidine rings is 1. The van der Waals surface area contributed by atoms with Crippen molar-refractivity contribution in [3.8, 4) is 5.75 Å². The maximum Gasteiger partial charge on any atom is 0.253 e. The van der Waals surface area contributed by atoms with Crippen LogP contribution in [-0.4, -0.2) is 43.2 Å². The lowest BCUT2D eigenvalue weighted by atomic mass is 9.92. The van der Waals surface area contributed by atoms with Crippen LogP contribution in [0.4, 0.5) is 4.39 Å². The van der Waals surface area contributed by atoms with Gasteiger partial charge in [0.15, 0.2) is 11.6 Å². The van der Waals surface area contributed by atoms with Gasteiger partial charge in [-0.05, 0) is 38.0 Å². The molecular weight excluding hydrogens is 273 g/mol. The van der Waals surface area contributed by atoms with Gasteiger partial charge in [0.25, 0.3) is 5.91 Å². The Hall–Kier alpha value is -1.62. The number of fused-ring (bicyclic) bond motifs is 1. The molecule has 0 bridgehead atoms. The SMILES string of the molecule is COc1ccc(C(=O)N2CC[C@@H]3O[C@H](C)C[C@@H]3C2)cc1F. The summed E-state index contributed by atoms with van der Waals surface area (Å²) in [5, 5.41) is 0. The molecule has 1 aromatic carbocycles. The monoisotopic (exact) mass is 293 g/mol. The van der Waals surface area contributed by atoms with E-state index in [-0.39, 0.29) is 23.9 Å². The lowest BCUT2D eigenvalue weighted by Gasteiger charge is -2.34. The summed E-state index contributed by atoms with van der Waals surface area (Å²) in [6.07, 6.45) is 2.40. The molecule has 2 aliphatic rings. The number of carbonyl (C=O) groups excluding carboxylic acids is 1. The Kier molecular flexibility index (Phi) is 3.85. The van der Waals surface area contributed by atoms with Crippen molar-refractivity contribution < 1.29 is 18.7 Å². The molecule has 0 aromatic heterocycles. The lowest BCUT2D eigenvalue weighted by molar-refractivity contribution is 0.00864. The van der Waals surface area contributed by atoms with Crippen LogP contribution in [-0.2, 0) is 4.74 Å². The Bertz CT molecular complexity index is 548. The molecule has 1 aromatic rings. The number of methoxy groups -OCH3 is 1. The van der Waals surface area contributed by atoms with Crippen LogP contribution in [0.25, 0.3) is 0 Å². The van der Waals surface area contributed by atoms with Crippen molar-refractivity contribution in [2.75, 3.05) is 20.2 Å². The molecule has 3 atom stereocenters. The molecule has 2 fully saturated rings. The minimum absolute atomic E-state index is 0.116. The smallest absolute Gasteiger partial charge is 0.253 e. The van der Waals surface area contributed by atoms with Crippen molar-refractivity contribution in [1.29, 1.82) is 0 Å². The molecule has 4 nitrogen and oxygen atoms in total. The highest BCUT2D eigenvalue weighted by Gasteiger charge is 2.38. The summed E-state index contributed by atoms with van der Waals surface area (Å²) in [7, 11) is 1.41. The summed E-state index contributed by atoms with van der Waals surface area (Å²) >= 11 is 0. The highest BCUT2D eigenvalue weighted by atomic mass is 19.1. The maximum atomic E-state index is 13.7. The Morgan fingerprint density at radius 1 is 1.48 bits per heavy atom. The van der Waals surface area contributed by atoms with Gasteiger partial charge in [-0.15, -0.1) is 0 Å². The van der Waals surface area contributed by atoms with Crippen molar-refractivity contribution in [2.24, 2.45) is 5.92 Å². The van der Waals surface area contributed by atoms with E-state index in [4.69, 9.17) is 9.47 Å². The Morgan fingerprint density at radius 2 is 2.29 bits per heavy atom. The molecule has 0 aliphatic carbocycles. The summed E-state index contributed by atoms with van der Waals surface area (Å²) in [5.74, 6) is -0.0605.